The summed E-state index contributed by atoms with van der Waals surface area (Å²) in [5.74, 6) is -0.152. The highest BCUT2D eigenvalue weighted by Crippen LogP contribution is 2.25. The van der Waals surface area contributed by atoms with Crippen LogP contribution >= 0.6 is 0 Å². The molecule has 1 saturated heterocycles. The van der Waals surface area contributed by atoms with Crippen molar-refractivity contribution >= 4 is 5.97 Å². The molecular formula is C14H29N3O2. The van der Waals surface area contributed by atoms with E-state index in [0.29, 0.717) is 18.4 Å². The molecule has 5 nitrogen and oxygen atoms in total. The van der Waals surface area contributed by atoms with Gasteiger partial charge in [0.15, 0.2) is 0 Å². The van der Waals surface area contributed by atoms with E-state index in [0.717, 1.165) is 13.1 Å². The number of carbonyl (C=O) groups is 1. The Bertz CT molecular complexity index is 322. The summed E-state index contributed by atoms with van der Waals surface area (Å²) in [6.07, 6.45) is 0.617. The maximum Gasteiger partial charge on any atom is 0.323 e. The number of likely N-dealkylation sites (tertiary alicyclic amines) is 1. The zero-order valence-electron chi connectivity index (χ0n) is 13.1. The van der Waals surface area contributed by atoms with E-state index in [1.165, 1.54) is 0 Å². The number of likely N-dealkylation sites (N-methyl/N-ethyl adjacent to an activating group) is 2. The average molecular weight is 271 g/mol. The molecule has 19 heavy (non-hydrogen) atoms. The first-order valence-corrected chi connectivity index (χ1v) is 7.04. The Morgan fingerprint density at radius 3 is 2.47 bits per heavy atom. The predicted octanol–water partition coefficient (Wildman–Crippen LogP) is 0.710. The minimum absolute atomic E-state index is 0.265. The largest absolute Gasteiger partial charge is 0.480 e. The van der Waals surface area contributed by atoms with Crippen molar-refractivity contribution in [2.24, 2.45) is 5.92 Å². The van der Waals surface area contributed by atoms with E-state index in [2.05, 4.69) is 43.1 Å². The molecule has 0 spiro atoms. The Morgan fingerprint density at radius 2 is 2.11 bits per heavy atom. The van der Waals surface area contributed by atoms with Crippen molar-refractivity contribution in [3.05, 3.63) is 0 Å². The van der Waals surface area contributed by atoms with Gasteiger partial charge in [0.25, 0.3) is 0 Å². The molecule has 0 aromatic heterocycles. The Morgan fingerprint density at radius 1 is 1.53 bits per heavy atom. The third kappa shape index (κ3) is 3.68. The molecule has 2 N–H and O–H groups in total. The van der Waals surface area contributed by atoms with Crippen LogP contribution in [0.3, 0.4) is 0 Å². The lowest BCUT2D eigenvalue weighted by Gasteiger charge is -2.32. The summed E-state index contributed by atoms with van der Waals surface area (Å²) in [6.45, 7) is 8.22. The smallest absolute Gasteiger partial charge is 0.323 e. The van der Waals surface area contributed by atoms with Gasteiger partial charge in [-0.3, -0.25) is 9.69 Å². The Labute approximate surface area is 117 Å². The number of nitrogens with one attached hydrogen (secondary N) is 1. The van der Waals surface area contributed by atoms with Crippen LogP contribution in [0.5, 0.6) is 0 Å². The van der Waals surface area contributed by atoms with Crippen molar-refractivity contribution in [1.82, 2.24) is 15.1 Å². The maximum absolute atomic E-state index is 11.4. The standard InChI is InChI=1S/C14H29N3O2/c1-10-8-17(9-12(10)16(5)6)11(2)7-14(3,15-4)13(18)19/h10-12,15H,7-9H2,1-6H3,(H,18,19). The second-order valence-corrected chi connectivity index (χ2v) is 6.40. The van der Waals surface area contributed by atoms with Gasteiger partial charge < -0.3 is 15.3 Å². The van der Waals surface area contributed by atoms with Crippen LogP contribution < -0.4 is 5.32 Å². The van der Waals surface area contributed by atoms with Gasteiger partial charge in [-0.05, 0) is 47.3 Å². The second-order valence-electron chi connectivity index (χ2n) is 6.40. The van der Waals surface area contributed by atoms with E-state index in [1.54, 1.807) is 14.0 Å². The molecule has 4 atom stereocenters. The summed E-state index contributed by atoms with van der Waals surface area (Å²) in [5, 5.41) is 12.3. The van der Waals surface area contributed by atoms with Crippen molar-refractivity contribution in [3.8, 4) is 0 Å². The minimum atomic E-state index is -0.848. The van der Waals surface area contributed by atoms with Crippen LogP contribution in [0.4, 0.5) is 0 Å². The number of rotatable bonds is 6. The summed E-state index contributed by atoms with van der Waals surface area (Å²) >= 11 is 0. The van der Waals surface area contributed by atoms with E-state index >= 15 is 0 Å². The first kappa shape index (κ1) is 16.4. The summed E-state index contributed by atoms with van der Waals surface area (Å²) in [4.78, 5) is 16.0. The molecule has 1 heterocycles. The zero-order chi connectivity index (χ0) is 14.8. The summed E-state index contributed by atoms with van der Waals surface area (Å²) in [7, 11) is 5.95. The normalized spacial score (nSPS) is 29.4. The molecular weight excluding hydrogens is 242 g/mol. The summed E-state index contributed by atoms with van der Waals surface area (Å²) in [5.41, 5.74) is -0.848. The van der Waals surface area contributed by atoms with E-state index in [4.69, 9.17) is 0 Å². The summed E-state index contributed by atoms with van der Waals surface area (Å²) in [6, 6.07) is 0.828. The quantitative estimate of drug-likeness (QED) is 0.745. The number of carboxylic acids is 1. The van der Waals surface area contributed by atoms with Gasteiger partial charge in [0.05, 0.1) is 0 Å². The third-order valence-electron chi connectivity index (χ3n) is 4.62. The lowest BCUT2D eigenvalue weighted by molar-refractivity contribution is -0.144. The predicted molar refractivity (Wildman–Crippen MR) is 77.4 cm³/mol. The summed E-state index contributed by atoms with van der Waals surface area (Å²) < 4.78 is 0. The topological polar surface area (TPSA) is 55.8 Å². The molecule has 0 aromatic carbocycles. The average Bonchev–Trinajstić information content (AvgIpc) is 2.71. The van der Waals surface area contributed by atoms with Crippen LogP contribution in [0, 0.1) is 5.92 Å². The first-order valence-electron chi connectivity index (χ1n) is 7.04. The van der Waals surface area contributed by atoms with Crippen LogP contribution in [-0.2, 0) is 4.79 Å². The van der Waals surface area contributed by atoms with E-state index in [-0.39, 0.29) is 6.04 Å². The number of carboxylic acid groups (broad SMARTS) is 1. The Balaban J connectivity index is 2.65. The maximum atomic E-state index is 11.4. The molecule has 4 unspecified atom stereocenters. The van der Waals surface area contributed by atoms with Gasteiger partial charge in [0.2, 0.25) is 0 Å². The van der Waals surface area contributed by atoms with Crippen molar-refractivity contribution in [2.75, 3.05) is 34.2 Å². The SMILES string of the molecule is CNC(C)(CC(C)N1CC(C)C(N(C)C)C1)C(=O)O. The van der Waals surface area contributed by atoms with E-state index in [1.807, 2.05) is 0 Å². The Kier molecular flexibility index (Phi) is 5.35. The zero-order valence-corrected chi connectivity index (χ0v) is 13.1. The van der Waals surface area contributed by atoms with Gasteiger partial charge >= 0.3 is 5.97 Å². The highest BCUT2D eigenvalue weighted by atomic mass is 16.4. The van der Waals surface area contributed by atoms with Gasteiger partial charge in [-0.25, -0.2) is 0 Å². The lowest BCUT2D eigenvalue weighted by atomic mass is 9.93. The van der Waals surface area contributed by atoms with E-state index < -0.39 is 11.5 Å². The number of hydrogen-bond acceptors (Lipinski definition) is 4. The molecule has 112 valence electrons. The van der Waals surface area contributed by atoms with Crippen molar-refractivity contribution in [1.29, 1.82) is 0 Å². The minimum Gasteiger partial charge on any atom is -0.480 e. The van der Waals surface area contributed by atoms with Crippen LogP contribution in [0.2, 0.25) is 0 Å². The molecule has 1 fully saturated rings. The molecule has 0 aromatic rings. The number of aliphatic carboxylic acids is 1. The highest BCUT2D eigenvalue weighted by Gasteiger charge is 2.38. The molecule has 1 rings (SSSR count). The van der Waals surface area contributed by atoms with Crippen LogP contribution in [0.25, 0.3) is 0 Å². The Hall–Kier alpha value is -0.650. The highest BCUT2D eigenvalue weighted by molar-refractivity contribution is 5.78. The van der Waals surface area contributed by atoms with E-state index in [9.17, 15) is 9.90 Å². The van der Waals surface area contributed by atoms with Gasteiger partial charge in [-0.15, -0.1) is 0 Å². The molecule has 0 bridgehead atoms. The molecule has 5 heteroatoms. The van der Waals surface area contributed by atoms with Crippen LogP contribution in [-0.4, -0.2) is 72.7 Å². The van der Waals surface area contributed by atoms with Crippen LogP contribution in [0.1, 0.15) is 27.2 Å². The fraction of sp³-hybridized carbons (Fsp3) is 0.929. The first-order chi connectivity index (χ1) is 8.71. The third-order valence-corrected chi connectivity index (χ3v) is 4.62. The molecule has 0 amide bonds. The molecule has 0 radical (unpaired) electrons. The molecule has 0 aliphatic carbocycles. The van der Waals surface area contributed by atoms with Gasteiger partial charge in [0.1, 0.15) is 5.54 Å². The number of nitrogens with zero attached hydrogens (tertiary/aromatic N) is 2. The van der Waals surface area contributed by atoms with Gasteiger partial charge in [-0.2, -0.15) is 0 Å². The van der Waals surface area contributed by atoms with Gasteiger partial charge in [0, 0.05) is 25.2 Å². The fourth-order valence-electron chi connectivity index (χ4n) is 3.03. The molecule has 1 aliphatic rings. The molecule has 0 saturated carbocycles. The van der Waals surface area contributed by atoms with Crippen molar-refractivity contribution in [2.45, 2.75) is 44.8 Å². The fourth-order valence-corrected chi connectivity index (χ4v) is 3.03. The second kappa shape index (κ2) is 6.20. The van der Waals surface area contributed by atoms with Crippen molar-refractivity contribution in [3.63, 3.8) is 0 Å². The monoisotopic (exact) mass is 271 g/mol. The van der Waals surface area contributed by atoms with Gasteiger partial charge in [-0.1, -0.05) is 6.92 Å². The number of hydrogen-bond donors (Lipinski definition) is 2. The van der Waals surface area contributed by atoms with Crippen LogP contribution in [0.15, 0.2) is 0 Å². The molecule has 1 aliphatic heterocycles. The lowest BCUT2D eigenvalue weighted by Crippen LogP contribution is -2.52. The van der Waals surface area contributed by atoms with Crippen molar-refractivity contribution < 1.29 is 9.90 Å².